The van der Waals surface area contributed by atoms with E-state index in [9.17, 15) is 13.2 Å². The van der Waals surface area contributed by atoms with Gasteiger partial charge in [-0.3, -0.25) is 9.52 Å². The van der Waals surface area contributed by atoms with E-state index in [0.29, 0.717) is 33.5 Å². The molecule has 0 saturated carbocycles. The summed E-state index contributed by atoms with van der Waals surface area (Å²) in [6.45, 7) is 0. The van der Waals surface area contributed by atoms with Gasteiger partial charge in [0.15, 0.2) is 11.5 Å². The van der Waals surface area contributed by atoms with E-state index in [4.69, 9.17) is 21.1 Å². The molecule has 2 N–H and O–H groups in total. The van der Waals surface area contributed by atoms with Crippen LogP contribution >= 0.6 is 11.6 Å². The maximum Gasteiger partial charge on any atom is 0.261 e. The largest absolute Gasteiger partial charge is 0.493 e. The minimum atomic E-state index is -3.78. The van der Waals surface area contributed by atoms with Gasteiger partial charge in [0, 0.05) is 22.0 Å². The van der Waals surface area contributed by atoms with Crippen LogP contribution in [0.2, 0.25) is 5.02 Å². The standard InChI is InChI=1S/C21H19ClN2O5S/c1-28-19-12-3-14(13-20(19)29-2)21(25)23-16-8-10-18(11-9-16)30(26,27)24-17-6-4-15(22)5-7-17/h3-13,24H,1-2H3,(H,23,25). The lowest BCUT2D eigenvalue weighted by atomic mass is 10.2. The summed E-state index contributed by atoms with van der Waals surface area (Å²) in [5.41, 5.74) is 1.21. The Bertz CT molecular complexity index is 1150. The van der Waals surface area contributed by atoms with Crippen LogP contribution in [0, 0.1) is 0 Å². The van der Waals surface area contributed by atoms with Crippen LogP contribution in [0.3, 0.4) is 0 Å². The molecule has 1 amide bonds. The van der Waals surface area contributed by atoms with E-state index >= 15 is 0 Å². The van der Waals surface area contributed by atoms with Gasteiger partial charge in [-0.1, -0.05) is 11.6 Å². The minimum absolute atomic E-state index is 0.0570. The summed E-state index contributed by atoms with van der Waals surface area (Å²) >= 11 is 5.81. The molecule has 0 atom stereocenters. The fraction of sp³-hybridized carbons (Fsp3) is 0.0952. The molecule has 3 aromatic carbocycles. The van der Waals surface area contributed by atoms with Crippen molar-refractivity contribution in [1.29, 1.82) is 0 Å². The number of amides is 1. The number of ether oxygens (including phenoxy) is 2. The van der Waals surface area contributed by atoms with Crippen molar-refractivity contribution >= 4 is 38.9 Å². The zero-order chi connectivity index (χ0) is 21.7. The first-order valence-electron chi connectivity index (χ1n) is 8.74. The Morgan fingerprint density at radius 3 is 2.03 bits per heavy atom. The third-order valence-corrected chi connectivity index (χ3v) is 5.81. The van der Waals surface area contributed by atoms with Gasteiger partial charge in [-0.15, -0.1) is 0 Å². The van der Waals surface area contributed by atoms with Crippen molar-refractivity contribution in [2.45, 2.75) is 4.90 Å². The Kier molecular flexibility index (Phi) is 6.49. The van der Waals surface area contributed by atoms with Crippen LogP contribution in [-0.4, -0.2) is 28.5 Å². The Hall–Kier alpha value is -3.23. The monoisotopic (exact) mass is 446 g/mol. The first-order valence-corrected chi connectivity index (χ1v) is 10.6. The summed E-state index contributed by atoms with van der Waals surface area (Å²) in [4.78, 5) is 12.5. The normalized spacial score (nSPS) is 10.9. The summed E-state index contributed by atoms with van der Waals surface area (Å²) in [6, 6.07) is 16.9. The van der Waals surface area contributed by atoms with Crippen LogP contribution in [0.25, 0.3) is 0 Å². The fourth-order valence-electron chi connectivity index (χ4n) is 2.63. The van der Waals surface area contributed by atoms with E-state index < -0.39 is 10.0 Å². The molecule has 0 aliphatic heterocycles. The summed E-state index contributed by atoms with van der Waals surface area (Å²) < 4.78 is 37.9. The van der Waals surface area contributed by atoms with E-state index in [1.807, 2.05) is 0 Å². The van der Waals surface area contributed by atoms with Gasteiger partial charge in [0.2, 0.25) is 0 Å². The van der Waals surface area contributed by atoms with Gasteiger partial charge >= 0.3 is 0 Å². The number of benzene rings is 3. The summed E-state index contributed by atoms with van der Waals surface area (Å²) in [6.07, 6.45) is 0. The smallest absolute Gasteiger partial charge is 0.261 e. The Morgan fingerprint density at radius 2 is 1.43 bits per heavy atom. The highest BCUT2D eigenvalue weighted by molar-refractivity contribution is 7.92. The van der Waals surface area contributed by atoms with Crippen molar-refractivity contribution in [3.63, 3.8) is 0 Å². The maximum absolute atomic E-state index is 12.5. The van der Waals surface area contributed by atoms with E-state index in [0.717, 1.165) is 0 Å². The van der Waals surface area contributed by atoms with E-state index in [1.165, 1.54) is 38.5 Å². The van der Waals surface area contributed by atoms with Crippen molar-refractivity contribution in [1.82, 2.24) is 0 Å². The summed E-state index contributed by atoms with van der Waals surface area (Å²) in [5.74, 6) is 0.572. The zero-order valence-electron chi connectivity index (χ0n) is 16.2. The third kappa shape index (κ3) is 5.03. The second kappa shape index (κ2) is 9.06. The molecular formula is C21H19ClN2O5S. The average molecular weight is 447 g/mol. The summed E-state index contributed by atoms with van der Waals surface area (Å²) in [5, 5.41) is 3.22. The van der Waals surface area contributed by atoms with E-state index in [1.54, 1.807) is 42.5 Å². The summed E-state index contributed by atoms with van der Waals surface area (Å²) in [7, 11) is -0.785. The van der Waals surface area contributed by atoms with E-state index in [2.05, 4.69) is 10.0 Å². The van der Waals surface area contributed by atoms with Crippen molar-refractivity contribution in [3.8, 4) is 11.5 Å². The van der Waals surface area contributed by atoms with Gasteiger partial charge in [-0.25, -0.2) is 8.42 Å². The molecule has 0 bridgehead atoms. The molecule has 156 valence electrons. The number of sulfonamides is 1. The second-order valence-electron chi connectivity index (χ2n) is 6.16. The lowest BCUT2D eigenvalue weighted by Crippen LogP contribution is -2.14. The number of hydrogen-bond acceptors (Lipinski definition) is 5. The van der Waals surface area contributed by atoms with Crippen LogP contribution in [0.1, 0.15) is 10.4 Å². The molecule has 0 radical (unpaired) electrons. The molecule has 0 aromatic heterocycles. The second-order valence-corrected chi connectivity index (χ2v) is 8.28. The highest BCUT2D eigenvalue weighted by Gasteiger charge is 2.15. The Balaban J connectivity index is 1.72. The maximum atomic E-state index is 12.5. The quantitative estimate of drug-likeness (QED) is 0.560. The molecule has 0 unspecified atom stereocenters. The van der Waals surface area contributed by atoms with Crippen LogP contribution < -0.4 is 19.5 Å². The first kappa shape index (κ1) is 21.5. The number of methoxy groups -OCH3 is 2. The lowest BCUT2D eigenvalue weighted by molar-refractivity contribution is 0.102. The van der Waals surface area contributed by atoms with Gasteiger partial charge < -0.3 is 14.8 Å². The third-order valence-electron chi connectivity index (χ3n) is 4.16. The predicted molar refractivity (Wildman–Crippen MR) is 116 cm³/mol. The molecule has 3 rings (SSSR count). The number of halogens is 1. The van der Waals surface area contributed by atoms with Gasteiger partial charge in [0.25, 0.3) is 15.9 Å². The molecule has 0 aliphatic rings. The average Bonchev–Trinajstić information content (AvgIpc) is 2.75. The molecule has 3 aromatic rings. The van der Waals surface area contributed by atoms with Gasteiger partial charge in [0.1, 0.15) is 0 Å². The molecule has 0 heterocycles. The van der Waals surface area contributed by atoms with Gasteiger partial charge in [0.05, 0.1) is 19.1 Å². The Morgan fingerprint density at radius 1 is 0.833 bits per heavy atom. The van der Waals surface area contributed by atoms with Crippen molar-refractivity contribution in [2.75, 3.05) is 24.3 Å². The number of carbonyl (C=O) groups excluding carboxylic acids is 1. The predicted octanol–water partition coefficient (Wildman–Crippen LogP) is 4.41. The number of rotatable bonds is 7. The lowest BCUT2D eigenvalue weighted by Gasteiger charge is -2.11. The molecule has 0 saturated heterocycles. The molecule has 30 heavy (non-hydrogen) atoms. The van der Waals surface area contributed by atoms with Crippen molar-refractivity contribution < 1.29 is 22.7 Å². The zero-order valence-corrected chi connectivity index (χ0v) is 17.8. The Labute approximate surface area is 179 Å². The van der Waals surface area contributed by atoms with Gasteiger partial charge in [-0.05, 0) is 66.7 Å². The number of carbonyl (C=O) groups is 1. The molecule has 0 spiro atoms. The van der Waals surface area contributed by atoms with Gasteiger partial charge in [-0.2, -0.15) is 0 Å². The van der Waals surface area contributed by atoms with Crippen LogP contribution in [0.15, 0.2) is 71.6 Å². The van der Waals surface area contributed by atoms with Crippen molar-refractivity contribution in [2.24, 2.45) is 0 Å². The molecule has 0 fully saturated rings. The van der Waals surface area contributed by atoms with E-state index in [-0.39, 0.29) is 10.8 Å². The number of anilines is 2. The molecule has 9 heteroatoms. The molecule has 7 nitrogen and oxygen atoms in total. The van der Waals surface area contributed by atoms with Crippen molar-refractivity contribution in [3.05, 3.63) is 77.3 Å². The number of nitrogens with one attached hydrogen (secondary N) is 2. The first-order chi connectivity index (χ1) is 14.3. The van der Waals surface area contributed by atoms with Crippen LogP contribution in [-0.2, 0) is 10.0 Å². The molecular weight excluding hydrogens is 428 g/mol. The minimum Gasteiger partial charge on any atom is -0.493 e. The highest BCUT2D eigenvalue weighted by Crippen LogP contribution is 2.28. The SMILES string of the molecule is COc1ccc(C(=O)Nc2ccc(S(=O)(=O)Nc3ccc(Cl)cc3)cc2)cc1OC. The van der Waals surface area contributed by atoms with Crippen LogP contribution in [0.5, 0.6) is 11.5 Å². The van der Waals surface area contributed by atoms with Crippen LogP contribution in [0.4, 0.5) is 11.4 Å². The fourth-order valence-corrected chi connectivity index (χ4v) is 3.81. The highest BCUT2D eigenvalue weighted by atomic mass is 35.5. The molecule has 0 aliphatic carbocycles. The topological polar surface area (TPSA) is 93.7 Å². The number of hydrogen-bond donors (Lipinski definition) is 2.